The lowest BCUT2D eigenvalue weighted by Crippen LogP contribution is -2.28. The van der Waals surface area contributed by atoms with Crippen LogP contribution in [0.4, 0.5) is 10.5 Å². The van der Waals surface area contributed by atoms with Gasteiger partial charge < -0.3 is 21.5 Å². The number of benzene rings is 1. The molecule has 1 aromatic heterocycles. The number of carbonyl (C=O) groups is 1. The van der Waals surface area contributed by atoms with E-state index in [1.165, 1.54) is 28.8 Å². The largest absolute Gasteiger partial charge is 0.388 e. The smallest absolute Gasteiger partial charge is 0.316 e. The number of fused-ring (bicyclic) bond motifs is 3. The molecule has 0 spiro atoms. The van der Waals surface area contributed by atoms with E-state index in [-0.39, 0.29) is 6.10 Å². The molecule has 2 amide bonds. The van der Waals surface area contributed by atoms with E-state index in [9.17, 15) is 9.90 Å². The first-order valence-electron chi connectivity index (χ1n) is 9.63. The fraction of sp³-hybridized carbons (Fsp3) is 0.474. The van der Waals surface area contributed by atoms with Crippen LogP contribution in [0.15, 0.2) is 17.2 Å². The van der Waals surface area contributed by atoms with Crippen LogP contribution in [-0.2, 0) is 32.4 Å². The van der Waals surface area contributed by atoms with Gasteiger partial charge in [0, 0.05) is 18.8 Å². The van der Waals surface area contributed by atoms with E-state index in [0.717, 1.165) is 73.6 Å². The van der Waals surface area contributed by atoms with Gasteiger partial charge in [-0.3, -0.25) is 9.82 Å². The van der Waals surface area contributed by atoms with Crippen LogP contribution in [0.25, 0.3) is 0 Å². The number of urea groups is 1. The fourth-order valence-electron chi connectivity index (χ4n) is 4.31. The molecule has 1 aromatic carbocycles. The molecule has 150 valence electrons. The summed E-state index contributed by atoms with van der Waals surface area (Å²) >= 11 is 1.20. The summed E-state index contributed by atoms with van der Waals surface area (Å²) in [5, 5.41) is 26.5. The van der Waals surface area contributed by atoms with E-state index in [2.05, 4.69) is 21.8 Å². The molecule has 7 N–H and O–H groups in total. The lowest BCUT2D eigenvalue weighted by molar-refractivity contribution is 0.180. The lowest BCUT2D eigenvalue weighted by Gasteiger charge is -2.15. The van der Waals surface area contributed by atoms with E-state index in [1.807, 2.05) is 10.7 Å². The van der Waals surface area contributed by atoms with Crippen LogP contribution in [0.1, 0.15) is 46.9 Å². The van der Waals surface area contributed by atoms with Crippen molar-refractivity contribution in [1.29, 1.82) is 0 Å². The SMILES string of the molecule is NC(=O)Nc1c2c(cc3c1CCC3O)CCC2.NSc1cc2n(n1)CCNC2. The predicted octanol–water partition coefficient (Wildman–Crippen LogP) is 1.60. The quantitative estimate of drug-likeness (QED) is 0.485. The van der Waals surface area contributed by atoms with Crippen molar-refractivity contribution in [2.75, 3.05) is 11.9 Å². The van der Waals surface area contributed by atoms with Gasteiger partial charge in [0.2, 0.25) is 0 Å². The number of hydrogen-bond acceptors (Lipinski definition) is 6. The van der Waals surface area contributed by atoms with Crippen LogP contribution in [-0.4, -0.2) is 27.5 Å². The highest BCUT2D eigenvalue weighted by atomic mass is 32.2. The van der Waals surface area contributed by atoms with Gasteiger partial charge in [-0.25, -0.2) is 4.79 Å². The van der Waals surface area contributed by atoms with Gasteiger partial charge in [0.25, 0.3) is 0 Å². The van der Waals surface area contributed by atoms with Crippen molar-refractivity contribution < 1.29 is 9.90 Å². The van der Waals surface area contributed by atoms with Crippen molar-refractivity contribution in [3.63, 3.8) is 0 Å². The van der Waals surface area contributed by atoms with Gasteiger partial charge >= 0.3 is 6.03 Å². The molecular weight excluding hydrogens is 376 g/mol. The maximum absolute atomic E-state index is 11.1. The second-order valence-electron chi connectivity index (χ2n) is 7.35. The van der Waals surface area contributed by atoms with Crippen molar-refractivity contribution in [3.8, 4) is 0 Å². The first-order chi connectivity index (χ1) is 13.6. The topological polar surface area (TPSA) is 131 Å². The summed E-state index contributed by atoms with van der Waals surface area (Å²) in [5.74, 6) is 0. The Hall–Kier alpha value is -2.07. The lowest BCUT2D eigenvalue weighted by atomic mass is 9.98. The number of hydrogen-bond donors (Lipinski definition) is 5. The Labute approximate surface area is 168 Å². The molecule has 1 atom stereocenters. The van der Waals surface area contributed by atoms with Crippen molar-refractivity contribution in [1.82, 2.24) is 15.1 Å². The molecule has 2 heterocycles. The molecule has 0 saturated carbocycles. The third-order valence-electron chi connectivity index (χ3n) is 5.59. The number of nitrogens with zero attached hydrogens (tertiary/aromatic N) is 2. The van der Waals surface area contributed by atoms with Crippen LogP contribution in [0.2, 0.25) is 0 Å². The third-order valence-corrected chi connectivity index (χ3v) is 6.03. The second-order valence-corrected chi connectivity index (χ2v) is 8.00. The second kappa shape index (κ2) is 8.12. The van der Waals surface area contributed by atoms with Crippen LogP contribution in [0.3, 0.4) is 0 Å². The van der Waals surface area contributed by atoms with E-state index < -0.39 is 6.03 Å². The molecule has 9 heteroatoms. The summed E-state index contributed by atoms with van der Waals surface area (Å²) < 4.78 is 2.01. The summed E-state index contributed by atoms with van der Waals surface area (Å²) in [4.78, 5) is 11.1. The highest BCUT2D eigenvalue weighted by molar-refractivity contribution is 7.97. The molecule has 0 radical (unpaired) electrons. The molecule has 8 nitrogen and oxygen atoms in total. The van der Waals surface area contributed by atoms with Gasteiger partial charge in [-0.15, -0.1) is 0 Å². The molecule has 2 aromatic rings. The monoisotopic (exact) mass is 402 g/mol. The number of nitrogens with two attached hydrogens (primary N) is 2. The number of aliphatic hydroxyl groups excluding tert-OH is 1. The molecule has 2 aliphatic carbocycles. The van der Waals surface area contributed by atoms with Gasteiger partial charge in [-0.05, 0) is 72.4 Å². The number of aromatic nitrogens is 2. The highest BCUT2D eigenvalue weighted by Crippen LogP contribution is 2.42. The molecule has 5 rings (SSSR count). The van der Waals surface area contributed by atoms with Crippen molar-refractivity contribution >= 4 is 23.7 Å². The number of primary amides is 1. The zero-order valence-electron chi connectivity index (χ0n) is 15.7. The molecule has 0 saturated heterocycles. The molecular formula is C19H26N6O2S. The minimum Gasteiger partial charge on any atom is -0.388 e. The summed E-state index contributed by atoms with van der Waals surface area (Å²) in [7, 11) is 0. The standard InChI is InChI=1S/C13H16N2O2.C6H10N4S/c14-13(17)15-12-8-3-1-2-7(8)6-10-9(12)4-5-11(10)16;7-11-6-3-5-4-8-1-2-10(5)9-6/h6,11,16H,1-5H2,(H3,14,15,17);3,8H,1-2,4,7H2. The first-order valence-corrected chi connectivity index (χ1v) is 10.5. The summed E-state index contributed by atoms with van der Waals surface area (Å²) in [5.41, 5.74) is 11.9. The number of nitrogens with one attached hydrogen (secondary N) is 2. The molecule has 0 bridgehead atoms. The maximum Gasteiger partial charge on any atom is 0.316 e. The molecule has 1 unspecified atom stereocenters. The Morgan fingerprint density at radius 2 is 2.18 bits per heavy atom. The number of aryl methyl sites for hydroxylation is 1. The van der Waals surface area contributed by atoms with E-state index in [4.69, 9.17) is 10.9 Å². The number of amides is 2. The van der Waals surface area contributed by atoms with Gasteiger partial charge in [0.1, 0.15) is 5.03 Å². The zero-order chi connectivity index (χ0) is 19.7. The average Bonchev–Trinajstić information content (AvgIpc) is 3.40. The molecule has 3 aliphatic rings. The van der Waals surface area contributed by atoms with Gasteiger partial charge in [0.05, 0.1) is 18.3 Å². The summed E-state index contributed by atoms with van der Waals surface area (Å²) in [6.07, 6.45) is 4.31. The number of rotatable bonds is 2. The Morgan fingerprint density at radius 3 is 2.93 bits per heavy atom. The fourth-order valence-corrected chi connectivity index (χ4v) is 4.66. The van der Waals surface area contributed by atoms with Gasteiger partial charge in [-0.2, -0.15) is 5.10 Å². The Kier molecular flexibility index (Phi) is 5.58. The number of aliphatic hydroxyl groups is 1. The van der Waals surface area contributed by atoms with Crippen LogP contribution in [0.5, 0.6) is 0 Å². The minimum atomic E-state index is -0.520. The Morgan fingerprint density at radius 1 is 1.32 bits per heavy atom. The molecule has 0 fully saturated rings. The van der Waals surface area contributed by atoms with Crippen molar-refractivity contribution in [3.05, 3.63) is 40.1 Å². The predicted molar refractivity (Wildman–Crippen MR) is 109 cm³/mol. The van der Waals surface area contributed by atoms with Crippen LogP contribution >= 0.6 is 11.9 Å². The molecule has 28 heavy (non-hydrogen) atoms. The number of carbonyl (C=O) groups excluding carboxylic acids is 1. The van der Waals surface area contributed by atoms with Gasteiger partial charge in [0.15, 0.2) is 0 Å². The van der Waals surface area contributed by atoms with Crippen LogP contribution < -0.4 is 21.5 Å². The van der Waals surface area contributed by atoms with E-state index >= 15 is 0 Å². The summed E-state index contributed by atoms with van der Waals surface area (Å²) in [6, 6.07) is 3.62. The third kappa shape index (κ3) is 3.75. The van der Waals surface area contributed by atoms with Crippen LogP contribution in [0, 0.1) is 0 Å². The van der Waals surface area contributed by atoms with E-state index in [1.54, 1.807) is 0 Å². The van der Waals surface area contributed by atoms with Crippen molar-refractivity contribution in [2.24, 2.45) is 10.9 Å². The summed E-state index contributed by atoms with van der Waals surface area (Å²) in [6.45, 7) is 2.87. The minimum absolute atomic E-state index is 0.385. The normalized spacial score (nSPS) is 19.3. The zero-order valence-corrected chi connectivity index (χ0v) is 16.5. The van der Waals surface area contributed by atoms with Gasteiger partial charge in [-0.1, -0.05) is 6.07 Å². The Bertz CT molecular complexity index is 874. The molecule has 1 aliphatic heterocycles. The highest BCUT2D eigenvalue weighted by Gasteiger charge is 2.28. The maximum atomic E-state index is 11.1. The van der Waals surface area contributed by atoms with E-state index in [0.29, 0.717) is 0 Å². The first kappa shape index (κ1) is 19.3. The Balaban J connectivity index is 0.000000151. The number of anilines is 1. The average molecular weight is 403 g/mol. The van der Waals surface area contributed by atoms with Crippen molar-refractivity contribution in [2.45, 2.75) is 56.3 Å².